The average molecular weight is 223 g/mol. The highest BCUT2D eigenvalue weighted by Gasteiger charge is 2.25. The molecular formula is C11H13NO4. The molecule has 0 amide bonds. The number of nitrogens with zero attached hydrogens (tertiary/aromatic N) is 1. The molecule has 0 bridgehead atoms. The van der Waals surface area contributed by atoms with Crippen molar-refractivity contribution in [3.05, 3.63) is 35.9 Å². The van der Waals surface area contributed by atoms with Gasteiger partial charge in [0.25, 0.3) is 0 Å². The van der Waals surface area contributed by atoms with Crippen LogP contribution in [0.25, 0.3) is 0 Å². The highest BCUT2D eigenvalue weighted by molar-refractivity contribution is 6.38. The van der Waals surface area contributed by atoms with Crippen molar-refractivity contribution in [2.75, 3.05) is 14.2 Å². The molecule has 0 aliphatic carbocycles. The minimum absolute atomic E-state index is 0.184. The summed E-state index contributed by atoms with van der Waals surface area (Å²) in [7, 11) is 2.64. The summed E-state index contributed by atoms with van der Waals surface area (Å²) in [6.07, 6.45) is -0.737. The molecule has 16 heavy (non-hydrogen) atoms. The van der Waals surface area contributed by atoms with Crippen LogP contribution in [-0.2, 0) is 14.3 Å². The lowest BCUT2D eigenvalue weighted by molar-refractivity contribution is -0.133. The van der Waals surface area contributed by atoms with E-state index in [0.29, 0.717) is 5.56 Å². The van der Waals surface area contributed by atoms with Crippen LogP contribution < -0.4 is 0 Å². The lowest BCUT2D eigenvalue weighted by Gasteiger charge is -2.15. The summed E-state index contributed by atoms with van der Waals surface area (Å²) in [5.41, 5.74) is 0.527. The standard InChI is InChI=1S/C11H13NO4/c1-15-10(8-6-4-3-5-7-8)9(12-14)11(13)16-2/h3-7,10,14H,1-2H3/b12-9+. The summed E-state index contributed by atoms with van der Waals surface area (Å²) >= 11 is 0. The maximum absolute atomic E-state index is 11.3. The van der Waals surface area contributed by atoms with Crippen LogP contribution in [0.2, 0.25) is 0 Å². The SMILES string of the molecule is COC(=O)/C(=N/O)C(OC)c1ccccc1. The number of ether oxygens (including phenoxy) is 2. The number of rotatable bonds is 4. The van der Waals surface area contributed by atoms with Crippen molar-refractivity contribution in [1.29, 1.82) is 0 Å². The third-order valence-corrected chi connectivity index (χ3v) is 2.09. The molecule has 5 nitrogen and oxygen atoms in total. The lowest BCUT2D eigenvalue weighted by Crippen LogP contribution is -2.25. The van der Waals surface area contributed by atoms with Crippen LogP contribution in [-0.4, -0.2) is 31.1 Å². The van der Waals surface area contributed by atoms with Crippen LogP contribution >= 0.6 is 0 Å². The Morgan fingerprint density at radius 1 is 1.31 bits per heavy atom. The molecule has 0 heterocycles. The van der Waals surface area contributed by atoms with Gasteiger partial charge in [0.15, 0.2) is 5.71 Å². The van der Waals surface area contributed by atoms with Crippen LogP contribution in [0.15, 0.2) is 35.5 Å². The quantitative estimate of drug-likeness (QED) is 0.362. The van der Waals surface area contributed by atoms with Gasteiger partial charge in [-0.2, -0.15) is 0 Å². The summed E-state index contributed by atoms with van der Waals surface area (Å²) in [5.74, 6) is -0.724. The second-order valence-electron chi connectivity index (χ2n) is 3.00. The summed E-state index contributed by atoms with van der Waals surface area (Å²) in [6.45, 7) is 0. The van der Waals surface area contributed by atoms with Crippen molar-refractivity contribution in [1.82, 2.24) is 0 Å². The molecule has 1 atom stereocenters. The monoisotopic (exact) mass is 223 g/mol. The number of benzene rings is 1. The third-order valence-electron chi connectivity index (χ3n) is 2.09. The van der Waals surface area contributed by atoms with Crippen LogP contribution in [0.3, 0.4) is 0 Å². The number of methoxy groups -OCH3 is 2. The van der Waals surface area contributed by atoms with E-state index in [2.05, 4.69) is 9.89 Å². The summed E-state index contributed by atoms with van der Waals surface area (Å²) in [6, 6.07) is 8.97. The van der Waals surface area contributed by atoms with Crippen LogP contribution in [0.4, 0.5) is 0 Å². The fraction of sp³-hybridized carbons (Fsp3) is 0.273. The topological polar surface area (TPSA) is 68.1 Å². The molecule has 1 aromatic carbocycles. The maximum atomic E-state index is 11.3. The Balaban J connectivity index is 3.02. The Labute approximate surface area is 93.3 Å². The third kappa shape index (κ3) is 2.58. The Morgan fingerprint density at radius 2 is 1.94 bits per heavy atom. The van der Waals surface area contributed by atoms with Gasteiger partial charge in [-0.15, -0.1) is 0 Å². The van der Waals surface area contributed by atoms with Gasteiger partial charge in [0, 0.05) is 7.11 Å². The molecule has 0 saturated heterocycles. The fourth-order valence-corrected chi connectivity index (χ4v) is 1.34. The zero-order chi connectivity index (χ0) is 12.0. The summed E-state index contributed by atoms with van der Waals surface area (Å²) < 4.78 is 9.62. The van der Waals surface area contributed by atoms with E-state index in [9.17, 15) is 4.79 Å². The minimum Gasteiger partial charge on any atom is -0.464 e. The van der Waals surface area contributed by atoms with Crippen LogP contribution in [0.1, 0.15) is 11.7 Å². The number of esters is 1. The second-order valence-corrected chi connectivity index (χ2v) is 3.00. The molecular weight excluding hydrogens is 210 g/mol. The van der Waals surface area contributed by atoms with Gasteiger partial charge in [0.1, 0.15) is 6.10 Å². The van der Waals surface area contributed by atoms with Crippen LogP contribution in [0, 0.1) is 0 Å². The zero-order valence-corrected chi connectivity index (χ0v) is 9.08. The second kappa shape index (κ2) is 5.87. The highest BCUT2D eigenvalue weighted by atomic mass is 16.5. The molecule has 0 aliphatic heterocycles. The first-order valence-electron chi connectivity index (χ1n) is 4.62. The van der Waals surface area contributed by atoms with Gasteiger partial charge in [-0.05, 0) is 5.56 Å². The van der Waals surface area contributed by atoms with E-state index in [-0.39, 0.29) is 5.71 Å². The smallest absolute Gasteiger partial charge is 0.358 e. The summed E-state index contributed by atoms with van der Waals surface area (Å²) in [5, 5.41) is 11.7. The molecule has 1 unspecified atom stereocenters. The first-order valence-corrected chi connectivity index (χ1v) is 4.62. The van der Waals surface area contributed by atoms with Gasteiger partial charge in [-0.25, -0.2) is 4.79 Å². The summed E-state index contributed by atoms with van der Waals surface area (Å²) in [4.78, 5) is 11.3. The predicted octanol–water partition coefficient (Wildman–Crippen LogP) is 1.38. The fourth-order valence-electron chi connectivity index (χ4n) is 1.34. The van der Waals surface area contributed by atoms with Crippen LogP contribution in [0.5, 0.6) is 0 Å². The predicted molar refractivity (Wildman–Crippen MR) is 57.4 cm³/mol. The Bertz CT molecular complexity index is 375. The van der Waals surface area contributed by atoms with E-state index in [4.69, 9.17) is 9.94 Å². The normalized spacial score (nSPS) is 13.2. The molecule has 1 N–H and O–H groups in total. The van der Waals surface area contributed by atoms with E-state index in [1.165, 1.54) is 14.2 Å². The van der Waals surface area contributed by atoms with Gasteiger partial charge in [0.2, 0.25) is 0 Å². The first kappa shape index (κ1) is 12.2. The van der Waals surface area contributed by atoms with E-state index < -0.39 is 12.1 Å². The van der Waals surface area contributed by atoms with Gasteiger partial charge < -0.3 is 14.7 Å². The number of carbonyl (C=O) groups is 1. The van der Waals surface area contributed by atoms with Gasteiger partial charge in [-0.1, -0.05) is 35.5 Å². The highest BCUT2D eigenvalue weighted by Crippen LogP contribution is 2.18. The Kier molecular flexibility index (Phi) is 4.47. The molecule has 0 saturated carbocycles. The van der Waals surface area contributed by atoms with Crippen molar-refractivity contribution >= 4 is 11.7 Å². The first-order chi connectivity index (χ1) is 7.74. The molecule has 86 valence electrons. The van der Waals surface area contributed by atoms with Gasteiger partial charge in [-0.3, -0.25) is 0 Å². The molecule has 1 aromatic rings. The lowest BCUT2D eigenvalue weighted by atomic mass is 10.1. The van der Waals surface area contributed by atoms with E-state index in [1.54, 1.807) is 24.3 Å². The Morgan fingerprint density at radius 3 is 2.38 bits per heavy atom. The number of hydrogen-bond acceptors (Lipinski definition) is 5. The van der Waals surface area contributed by atoms with Crippen molar-refractivity contribution in [3.63, 3.8) is 0 Å². The number of oxime groups is 1. The molecule has 0 fully saturated rings. The largest absolute Gasteiger partial charge is 0.464 e. The number of carbonyl (C=O) groups excluding carboxylic acids is 1. The van der Waals surface area contributed by atoms with Gasteiger partial charge in [0.05, 0.1) is 7.11 Å². The van der Waals surface area contributed by atoms with Crippen molar-refractivity contribution < 1.29 is 19.5 Å². The molecule has 5 heteroatoms. The Hall–Kier alpha value is -1.88. The average Bonchev–Trinajstić information content (AvgIpc) is 2.36. The molecule has 1 rings (SSSR count). The van der Waals surface area contributed by atoms with Crippen molar-refractivity contribution in [3.8, 4) is 0 Å². The van der Waals surface area contributed by atoms with E-state index in [0.717, 1.165) is 0 Å². The molecule has 0 aromatic heterocycles. The van der Waals surface area contributed by atoms with Gasteiger partial charge >= 0.3 is 5.97 Å². The van der Waals surface area contributed by atoms with Crippen molar-refractivity contribution in [2.45, 2.75) is 6.10 Å². The maximum Gasteiger partial charge on any atom is 0.358 e. The van der Waals surface area contributed by atoms with Crippen molar-refractivity contribution in [2.24, 2.45) is 5.16 Å². The number of hydrogen-bond donors (Lipinski definition) is 1. The minimum atomic E-state index is -0.737. The van der Waals surface area contributed by atoms with E-state index in [1.807, 2.05) is 6.07 Å². The zero-order valence-electron chi connectivity index (χ0n) is 9.08. The van der Waals surface area contributed by atoms with E-state index >= 15 is 0 Å². The molecule has 0 aliphatic rings. The molecule has 0 radical (unpaired) electrons. The molecule has 0 spiro atoms.